The number of benzene rings is 4. The predicted octanol–water partition coefficient (Wildman–Crippen LogP) is -7.20. The molecule has 0 radical (unpaired) electrons. The van der Waals surface area contributed by atoms with Gasteiger partial charge in [0.1, 0.15) is 18.1 Å². The Bertz CT molecular complexity index is 1760. The molecule has 0 saturated carbocycles. The molecule has 0 aliphatic rings. The van der Waals surface area contributed by atoms with E-state index in [9.17, 15) is 24.0 Å². The third kappa shape index (κ3) is 45.2. The summed E-state index contributed by atoms with van der Waals surface area (Å²) in [5.74, 6) is -1.70. The summed E-state index contributed by atoms with van der Waals surface area (Å²) in [4.78, 5) is 57.7. The number of methoxy groups -OCH3 is 4. The van der Waals surface area contributed by atoms with Crippen molar-refractivity contribution >= 4 is 66.8 Å². The summed E-state index contributed by atoms with van der Waals surface area (Å²) in [6.45, 7) is 4.87. The summed E-state index contributed by atoms with van der Waals surface area (Å²) in [6.07, 6.45) is 0.0301. The van der Waals surface area contributed by atoms with E-state index in [-0.39, 0.29) is 188 Å². The number of carbonyl (C=O) groups is 5. The molecule has 0 aromatic heterocycles. The van der Waals surface area contributed by atoms with Crippen LogP contribution in [0.2, 0.25) is 0 Å². The second-order valence-corrected chi connectivity index (χ2v) is 14.2. The van der Waals surface area contributed by atoms with Crippen LogP contribution in [0, 0.1) is 5.92 Å². The van der Waals surface area contributed by atoms with Crippen LogP contribution in [0.1, 0.15) is 35.6 Å². The van der Waals surface area contributed by atoms with Crippen LogP contribution in [0.25, 0.3) is 0 Å². The Hall–Kier alpha value is -3.01. The molecule has 0 bridgehead atoms. The topological polar surface area (TPSA) is 351 Å². The van der Waals surface area contributed by atoms with Gasteiger partial charge in [0.15, 0.2) is 0 Å². The van der Waals surface area contributed by atoms with Crippen molar-refractivity contribution in [1.82, 2.24) is 21.3 Å². The molecule has 4 aromatic rings. The maximum atomic E-state index is 12.0. The van der Waals surface area contributed by atoms with Crippen LogP contribution in [0.15, 0.2) is 121 Å². The fourth-order valence-corrected chi connectivity index (χ4v) is 5.29. The molecule has 4 rings (SSSR count). The van der Waals surface area contributed by atoms with Crippen LogP contribution in [-0.2, 0) is 73.8 Å². The van der Waals surface area contributed by atoms with E-state index in [4.69, 9.17) is 40.9 Å². The maximum absolute atomic E-state index is 12.0. The number of carbonyl (C=O) groups excluding carboxylic acids is 5. The van der Waals surface area contributed by atoms with Crippen LogP contribution >= 0.6 is 37.2 Å². The Morgan fingerprint density at radius 1 is 0.446 bits per heavy atom. The summed E-state index contributed by atoms with van der Waals surface area (Å²) in [5.41, 5.74) is 20.8. The average molecular weight is 1150 g/mol. The second kappa shape index (κ2) is 59.2. The summed E-state index contributed by atoms with van der Waals surface area (Å²) in [5, 5.41) is 11.0. The van der Waals surface area contributed by atoms with E-state index >= 15 is 0 Å². The van der Waals surface area contributed by atoms with Gasteiger partial charge in [0.25, 0.3) is 0 Å². The van der Waals surface area contributed by atoms with Crippen molar-refractivity contribution in [2.24, 2.45) is 23.1 Å². The quantitative estimate of drug-likeness (QED) is 0.0268. The number of ether oxygens (including phenoxy) is 5. The van der Waals surface area contributed by atoms with Gasteiger partial charge in [-0.2, -0.15) is 0 Å². The molecule has 412 valence electrons. The summed E-state index contributed by atoms with van der Waals surface area (Å²) < 4.78 is 24.2. The van der Waals surface area contributed by atoms with Gasteiger partial charge in [-0.25, -0.2) is 0 Å². The molecule has 4 aromatic carbocycles. The molecular weight excluding hydrogens is 1070 g/mol. The van der Waals surface area contributed by atoms with Crippen molar-refractivity contribution < 1.29 is 136 Å². The Labute approximate surface area is 505 Å². The molecule has 15 N–H and O–H groups in total. The van der Waals surface area contributed by atoms with Gasteiger partial charge in [0, 0.05) is 54.6 Å². The zero-order valence-corrected chi connectivity index (χ0v) is 50.5. The maximum Gasteiger partial charge on any atom is 1.00 e. The molecular formula is C48H77Cl4N7Na2O13. The van der Waals surface area contributed by atoms with Crippen molar-refractivity contribution in [3.8, 4) is 0 Å². The normalized spacial score (nSPS) is 10.5. The SMILES string of the molecule is CCOC(=O)C[C@H](COC)C(=O)NCc1ccccc1.COC[C@@H](N)C(=O)NCc1ccccc1.COC[C@@H](N)C(=O)NCc1ccccc1.COC[C@@H](N)C(=O)NCc1ccccc1.Cl.Cl.Cl.O.O.[Cl-].[Na+].[Na+].[OH-]. The van der Waals surface area contributed by atoms with Gasteiger partial charge in [-0.1, -0.05) is 121 Å². The molecule has 0 unspecified atom stereocenters. The molecule has 0 aliphatic heterocycles. The molecule has 26 heteroatoms. The fourth-order valence-electron chi connectivity index (χ4n) is 5.29. The molecule has 4 amide bonds. The molecule has 4 atom stereocenters. The molecule has 0 spiro atoms. The Morgan fingerprint density at radius 2 is 0.676 bits per heavy atom. The average Bonchev–Trinajstić information content (AvgIpc) is 3.33. The van der Waals surface area contributed by atoms with E-state index in [2.05, 4.69) is 21.3 Å². The zero-order chi connectivity index (χ0) is 48.1. The minimum absolute atomic E-state index is 0. The number of esters is 1. The first-order valence-electron chi connectivity index (χ1n) is 21.0. The van der Waals surface area contributed by atoms with E-state index in [1.807, 2.05) is 121 Å². The van der Waals surface area contributed by atoms with Gasteiger partial charge in [0.05, 0.1) is 45.4 Å². The summed E-state index contributed by atoms with van der Waals surface area (Å²) in [6, 6.07) is 36.8. The molecule has 20 nitrogen and oxygen atoms in total. The Kier molecular flexibility index (Phi) is 72.4. The molecule has 0 aliphatic carbocycles. The fraction of sp³-hybridized carbons (Fsp3) is 0.396. The van der Waals surface area contributed by atoms with Gasteiger partial charge >= 0.3 is 65.1 Å². The van der Waals surface area contributed by atoms with Crippen molar-refractivity contribution in [3.05, 3.63) is 144 Å². The van der Waals surface area contributed by atoms with Crippen LogP contribution < -0.4 is 110 Å². The van der Waals surface area contributed by atoms with Gasteiger partial charge in [-0.15, -0.1) is 37.2 Å². The smallest absolute Gasteiger partial charge is 1.00 e. The number of hydrogen-bond acceptors (Lipinski definition) is 14. The second-order valence-electron chi connectivity index (χ2n) is 14.2. The zero-order valence-electron chi connectivity index (χ0n) is 43.3. The third-order valence-electron chi connectivity index (χ3n) is 8.74. The minimum Gasteiger partial charge on any atom is -1.00 e. The molecule has 74 heavy (non-hydrogen) atoms. The number of nitrogens with two attached hydrogens (primary N) is 3. The van der Waals surface area contributed by atoms with E-state index in [0.29, 0.717) is 32.8 Å². The van der Waals surface area contributed by atoms with Gasteiger partial charge in [0.2, 0.25) is 23.6 Å². The number of amides is 4. The van der Waals surface area contributed by atoms with Crippen molar-refractivity contribution in [2.75, 3.05) is 61.5 Å². The van der Waals surface area contributed by atoms with E-state index in [0.717, 1.165) is 22.3 Å². The summed E-state index contributed by atoms with van der Waals surface area (Å²) >= 11 is 0. The van der Waals surface area contributed by atoms with E-state index < -0.39 is 24.0 Å². The first-order chi connectivity index (χ1) is 31.4. The number of hydrogen-bond donors (Lipinski definition) is 7. The molecule has 0 heterocycles. The Morgan fingerprint density at radius 3 is 0.892 bits per heavy atom. The van der Waals surface area contributed by atoms with E-state index in [1.165, 1.54) is 28.4 Å². The number of nitrogens with one attached hydrogen (secondary N) is 4. The molecule has 0 saturated heterocycles. The van der Waals surface area contributed by atoms with Crippen LogP contribution in [0.3, 0.4) is 0 Å². The summed E-state index contributed by atoms with van der Waals surface area (Å²) in [7, 11) is 6.06. The molecule has 0 fully saturated rings. The number of halogens is 4. The standard InChI is InChI=1S/C15H21NO4.3C11H16N2O2.4ClH.2Na.3H2O/c1-3-20-14(17)9-13(11-19-2)15(18)16-10-12-7-5-4-6-8-12;3*1-15-8-10(12)11(14)13-7-9-5-3-2-4-6-9;;;;;;;;;/h4-8,13H,3,9-11H2,1-2H3,(H,16,18);3*2-6,10H,7-8,12H2,1H3,(H,13,14);4*1H;;;3*1H2/q;;;;;;;;2*+1;;;/p-2/t13-;3*10-;;;;;;;;;/m1111........./s1. The van der Waals surface area contributed by atoms with Crippen LogP contribution in [0.4, 0.5) is 0 Å². The first kappa shape index (κ1) is 90.5. The third-order valence-corrected chi connectivity index (χ3v) is 8.74. The van der Waals surface area contributed by atoms with Gasteiger partial charge in [-0.05, 0) is 29.2 Å². The van der Waals surface area contributed by atoms with Crippen LogP contribution in [0.5, 0.6) is 0 Å². The van der Waals surface area contributed by atoms with Crippen molar-refractivity contribution in [2.45, 2.75) is 57.6 Å². The Balaban J connectivity index is -0.000000105. The van der Waals surface area contributed by atoms with Gasteiger partial charge < -0.3 is 91.0 Å². The van der Waals surface area contributed by atoms with Crippen molar-refractivity contribution in [1.29, 1.82) is 0 Å². The van der Waals surface area contributed by atoms with Crippen molar-refractivity contribution in [3.63, 3.8) is 0 Å². The largest absolute Gasteiger partial charge is 1.00 e. The first-order valence-corrected chi connectivity index (χ1v) is 21.0. The van der Waals surface area contributed by atoms with Gasteiger partial charge in [-0.3, -0.25) is 24.0 Å². The predicted molar refractivity (Wildman–Crippen MR) is 280 cm³/mol. The minimum atomic E-state index is -0.598. The van der Waals surface area contributed by atoms with Crippen LogP contribution in [-0.4, -0.2) is 126 Å². The number of rotatable bonds is 23. The van der Waals surface area contributed by atoms with E-state index in [1.54, 1.807) is 6.92 Å². The monoisotopic (exact) mass is 1150 g/mol.